The van der Waals surface area contributed by atoms with Gasteiger partial charge in [0.1, 0.15) is 0 Å². The van der Waals surface area contributed by atoms with Crippen molar-refractivity contribution in [1.82, 2.24) is 9.55 Å². The highest BCUT2D eigenvalue weighted by Gasteiger charge is 2.05. The SMILES string of the molecule is CSc1cccc(Nc2nccn2C(C)C)c1. The fraction of sp³-hybridized carbons (Fsp3) is 0.308. The Morgan fingerprint density at radius 1 is 1.35 bits per heavy atom. The normalized spacial score (nSPS) is 10.8. The Bertz CT molecular complexity index is 491. The van der Waals surface area contributed by atoms with Crippen LogP contribution in [0.5, 0.6) is 0 Å². The molecule has 0 saturated heterocycles. The molecule has 2 rings (SSSR count). The molecule has 1 aromatic carbocycles. The van der Waals surface area contributed by atoms with Crippen molar-refractivity contribution in [3.05, 3.63) is 36.7 Å². The van der Waals surface area contributed by atoms with Crippen molar-refractivity contribution in [2.45, 2.75) is 24.8 Å². The van der Waals surface area contributed by atoms with Crippen molar-refractivity contribution < 1.29 is 0 Å². The van der Waals surface area contributed by atoms with Gasteiger partial charge in [0, 0.05) is 29.0 Å². The van der Waals surface area contributed by atoms with E-state index in [9.17, 15) is 0 Å². The molecule has 0 aliphatic rings. The van der Waals surface area contributed by atoms with E-state index in [4.69, 9.17) is 0 Å². The molecule has 0 spiro atoms. The standard InChI is InChI=1S/C13H17N3S/c1-10(2)16-8-7-14-13(16)15-11-5-4-6-12(9-11)17-3/h4-10H,1-3H3,(H,14,15). The minimum atomic E-state index is 0.406. The monoisotopic (exact) mass is 247 g/mol. The van der Waals surface area contributed by atoms with Gasteiger partial charge in [0.05, 0.1) is 0 Å². The first-order valence-electron chi connectivity index (χ1n) is 5.64. The lowest BCUT2D eigenvalue weighted by Crippen LogP contribution is -2.05. The summed E-state index contributed by atoms with van der Waals surface area (Å²) in [5.74, 6) is 0.887. The van der Waals surface area contributed by atoms with Crippen molar-refractivity contribution >= 4 is 23.4 Å². The smallest absolute Gasteiger partial charge is 0.207 e. The molecule has 0 saturated carbocycles. The summed E-state index contributed by atoms with van der Waals surface area (Å²) >= 11 is 1.74. The van der Waals surface area contributed by atoms with E-state index in [1.807, 2.05) is 12.4 Å². The van der Waals surface area contributed by atoms with Gasteiger partial charge >= 0.3 is 0 Å². The predicted octanol–water partition coefficient (Wildman–Crippen LogP) is 3.93. The fourth-order valence-corrected chi connectivity index (χ4v) is 2.12. The van der Waals surface area contributed by atoms with Gasteiger partial charge in [-0.25, -0.2) is 4.98 Å². The number of imidazole rings is 1. The summed E-state index contributed by atoms with van der Waals surface area (Å²) in [7, 11) is 0. The molecule has 1 N–H and O–H groups in total. The lowest BCUT2D eigenvalue weighted by molar-refractivity contribution is 0.608. The Hall–Kier alpha value is -1.42. The van der Waals surface area contributed by atoms with Crippen LogP contribution in [-0.2, 0) is 0 Å². The summed E-state index contributed by atoms with van der Waals surface area (Å²) in [6.45, 7) is 4.29. The Balaban J connectivity index is 2.22. The number of rotatable bonds is 4. The number of benzene rings is 1. The molecule has 17 heavy (non-hydrogen) atoms. The largest absolute Gasteiger partial charge is 0.326 e. The molecule has 0 aliphatic carbocycles. The molecule has 0 atom stereocenters. The van der Waals surface area contributed by atoms with Gasteiger partial charge in [-0.3, -0.25) is 0 Å². The second-order valence-electron chi connectivity index (χ2n) is 4.11. The molecule has 0 radical (unpaired) electrons. The molecule has 4 heteroatoms. The van der Waals surface area contributed by atoms with Gasteiger partial charge in [-0.1, -0.05) is 6.07 Å². The molecule has 0 bridgehead atoms. The highest BCUT2D eigenvalue weighted by Crippen LogP contribution is 2.22. The van der Waals surface area contributed by atoms with Crippen LogP contribution in [0.1, 0.15) is 19.9 Å². The first-order chi connectivity index (χ1) is 8.20. The summed E-state index contributed by atoms with van der Waals surface area (Å²) in [5.41, 5.74) is 1.07. The average Bonchev–Trinajstić information content (AvgIpc) is 2.77. The molecule has 0 amide bonds. The maximum absolute atomic E-state index is 4.33. The van der Waals surface area contributed by atoms with Crippen LogP contribution in [0.25, 0.3) is 0 Å². The number of hydrogen-bond donors (Lipinski definition) is 1. The highest BCUT2D eigenvalue weighted by molar-refractivity contribution is 7.98. The summed E-state index contributed by atoms with van der Waals surface area (Å²) < 4.78 is 2.12. The van der Waals surface area contributed by atoms with Gasteiger partial charge in [-0.05, 0) is 38.3 Å². The van der Waals surface area contributed by atoms with Gasteiger partial charge in [-0.2, -0.15) is 0 Å². The van der Waals surface area contributed by atoms with Gasteiger partial charge in [0.15, 0.2) is 0 Å². The van der Waals surface area contributed by atoms with Crippen LogP contribution in [0.2, 0.25) is 0 Å². The highest BCUT2D eigenvalue weighted by atomic mass is 32.2. The second-order valence-corrected chi connectivity index (χ2v) is 4.99. The molecule has 0 unspecified atom stereocenters. The Morgan fingerprint density at radius 2 is 2.18 bits per heavy atom. The van der Waals surface area contributed by atoms with Crippen LogP contribution >= 0.6 is 11.8 Å². The molecule has 0 fully saturated rings. The first-order valence-corrected chi connectivity index (χ1v) is 6.87. The second kappa shape index (κ2) is 5.27. The Kier molecular flexibility index (Phi) is 3.74. The third-order valence-electron chi connectivity index (χ3n) is 2.55. The van der Waals surface area contributed by atoms with Gasteiger partial charge in [0.25, 0.3) is 0 Å². The number of nitrogens with zero attached hydrogens (tertiary/aromatic N) is 2. The zero-order valence-corrected chi connectivity index (χ0v) is 11.2. The topological polar surface area (TPSA) is 29.9 Å². The van der Waals surface area contributed by atoms with E-state index in [-0.39, 0.29) is 0 Å². The summed E-state index contributed by atoms with van der Waals surface area (Å²) in [4.78, 5) is 5.58. The number of aromatic nitrogens is 2. The van der Waals surface area contributed by atoms with Crippen LogP contribution in [0.3, 0.4) is 0 Å². The third kappa shape index (κ3) is 2.82. The lowest BCUT2D eigenvalue weighted by Gasteiger charge is -2.13. The van der Waals surface area contributed by atoms with Crippen LogP contribution in [-0.4, -0.2) is 15.8 Å². The average molecular weight is 247 g/mol. The van der Waals surface area contributed by atoms with Crippen molar-refractivity contribution in [3.63, 3.8) is 0 Å². The van der Waals surface area contributed by atoms with Gasteiger partial charge in [-0.15, -0.1) is 11.8 Å². The lowest BCUT2D eigenvalue weighted by atomic mass is 10.3. The zero-order valence-electron chi connectivity index (χ0n) is 10.3. The van der Waals surface area contributed by atoms with Gasteiger partial charge < -0.3 is 9.88 Å². The van der Waals surface area contributed by atoms with Crippen molar-refractivity contribution in [1.29, 1.82) is 0 Å². The zero-order chi connectivity index (χ0) is 12.3. The van der Waals surface area contributed by atoms with Crippen LogP contribution in [0.15, 0.2) is 41.6 Å². The van der Waals surface area contributed by atoms with E-state index in [0.29, 0.717) is 6.04 Å². The van der Waals surface area contributed by atoms with Crippen molar-refractivity contribution in [3.8, 4) is 0 Å². The molecule has 1 heterocycles. The minimum Gasteiger partial charge on any atom is -0.326 e. The molecule has 0 aliphatic heterocycles. The molecular formula is C13H17N3S. The predicted molar refractivity (Wildman–Crippen MR) is 74.1 cm³/mol. The molecule has 90 valence electrons. The minimum absolute atomic E-state index is 0.406. The number of thioether (sulfide) groups is 1. The van der Waals surface area contributed by atoms with Crippen LogP contribution < -0.4 is 5.32 Å². The molecule has 3 nitrogen and oxygen atoms in total. The van der Waals surface area contributed by atoms with E-state index in [1.165, 1.54) is 4.90 Å². The first kappa shape index (κ1) is 12.0. The maximum Gasteiger partial charge on any atom is 0.207 e. The van der Waals surface area contributed by atoms with E-state index < -0.39 is 0 Å². The fourth-order valence-electron chi connectivity index (χ4n) is 1.66. The summed E-state index contributed by atoms with van der Waals surface area (Å²) in [6, 6.07) is 8.74. The van der Waals surface area contributed by atoms with E-state index in [0.717, 1.165) is 11.6 Å². The Labute approximate surface area is 106 Å². The molecular weight excluding hydrogens is 230 g/mol. The van der Waals surface area contributed by atoms with E-state index >= 15 is 0 Å². The summed E-state index contributed by atoms with van der Waals surface area (Å²) in [5, 5.41) is 3.35. The van der Waals surface area contributed by atoms with E-state index in [2.05, 4.69) is 59.2 Å². The molecule has 1 aromatic heterocycles. The third-order valence-corrected chi connectivity index (χ3v) is 3.28. The van der Waals surface area contributed by atoms with E-state index in [1.54, 1.807) is 11.8 Å². The number of hydrogen-bond acceptors (Lipinski definition) is 3. The Morgan fingerprint density at radius 3 is 2.88 bits per heavy atom. The van der Waals surface area contributed by atoms with Crippen LogP contribution in [0.4, 0.5) is 11.6 Å². The quantitative estimate of drug-likeness (QED) is 0.830. The number of anilines is 2. The van der Waals surface area contributed by atoms with Crippen LogP contribution in [0, 0.1) is 0 Å². The number of nitrogens with one attached hydrogen (secondary N) is 1. The summed E-state index contributed by atoms with van der Waals surface area (Å²) in [6.07, 6.45) is 5.89. The van der Waals surface area contributed by atoms with Gasteiger partial charge in [0.2, 0.25) is 5.95 Å². The van der Waals surface area contributed by atoms with Crippen molar-refractivity contribution in [2.75, 3.05) is 11.6 Å². The van der Waals surface area contributed by atoms with Crippen molar-refractivity contribution in [2.24, 2.45) is 0 Å². The molecule has 2 aromatic rings. The maximum atomic E-state index is 4.33.